The monoisotopic (exact) mass is 348 g/mol. The SMILES string of the molecule is CC(C)(CNC(=O)c1cncnc1-c1ccccc1)NS(C)(=O)=O. The van der Waals surface area contributed by atoms with E-state index in [0.717, 1.165) is 11.8 Å². The zero-order valence-corrected chi connectivity index (χ0v) is 14.6. The zero-order valence-electron chi connectivity index (χ0n) is 13.8. The Balaban J connectivity index is 2.17. The van der Waals surface area contributed by atoms with Gasteiger partial charge in [-0.3, -0.25) is 4.79 Å². The summed E-state index contributed by atoms with van der Waals surface area (Å²) in [5.74, 6) is -0.363. The molecule has 0 saturated carbocycles. The summed E-state index contributed by atoms with van der Waals surface area (Å²) < 4.78 is 25.2. The molecule has 1 aromatic heterocycles. The minimum Gasteiger partial charge on any atom is -0.350 e. The second kappa shape index (κ2) is 7.06. The second-order valence-corrected chi connectivity index (χ2v) is 7.84. The molecule has 1 amide bonds. The van der Waals surface area contributed by atoms with Gasteiger partial charge in [0.2, 0.25) is 10.0 Å². The number of nitrogens with one attached hydrogen (secondary N) is 2. The van der Waals surface area contributed by atoms with Crippen LogP contribution in [0.25, 0.3) is 11.3 Å². The summed E-state index contributed by atoms with van der Waals surface area (Å²) in [5, 5.41) is 2.73. The van der Waals surface area contributed by atoms with Crippen LogP contribution in [-0.2, 0) is 10.0 Å². The minimum absolute atomic E-state index is 0.127. The van der Waals surface area contributed by atoms with Crippen LogP contribution in [0.2, 0.25) is 0 Å². The van der Waals surface area contributed by atoms with Gasteiger partial charge >= 0.3 is 0 Å². The van der Waals surface area contributed by atoms with E-state index in [9.17, 15) is 13.2 Å². The van der Waals surface area contributed by atoms with Crippen LogP contribution in [0.1, 0.15) is 24.2 Å². The van der Waals surface area contributed by atoms with Crippen molar-refractivity contribution in [1.82, 2.24) is 20.0 Å². The number of hydrogen-bond acceptors (Lipinski definition) is 5. The van der Waals surface area contributed by atoms with E-state index in [2.05, 4.69) is 20.0 Å². The van der Waals surface area contributed by atoms with Crippen LogP contribution in [0, 0.1) is 0 Å². The summed E-state index contributed by atoms with van der Waals surface area (Å²) in [6, 6.07) is 9.31. The lowest BCUT2D eigenvalue weighted by Gasteiger charge is -2.25. The van der Waals surface area contributed by atoms with E-state index in [1.165, 1.54) is 12.5 Å². The molecule has 0 aliphatic rings. The average molecular weight is 348 g/mol. The van der Waals surface area contributed by atoms with Crippen LogP contribution < -0.4 is 10.0 Å². The van der Waals surface area contributed by atoms with Crippen molar-refractivity contribution in [2.45, 2.75) is 19.4 Å². The molecule has 0 aliphatic carbocycles. The molecule has 0 aliphatic heterocycles. The fourth-order valence-corrected chi connectivity index (χ4v) is 3.33. The molecule has 1 aromatic carbocycles. The molecule has 8 heteroatoms. The Morgan fingerprint density at radius 3 is 2.50 bits per heavy atom. The molecule has 2 aromatic rings. The Kier molecular flexibility index (Phi) is 5.30. The highest BCUT2D eigenvalue weighted by atomic mass is 32.2. The quantitative estimate of drug-likeness (QED) is 0.817. The molecule has 0 bridgehead atoms. The highest BCUT2D eigenvalue weighted by Crippen LogP contribution is 2.20. The molecule has 128 valence electrons. The number of hydrogen-bond donors (Lipinski definition) is 2. The van der Waals surface area contributed by atoms with Crippen LogP contribution in [-0.4, -0.2) is 42.6 Å². The van der Waals surface area contributed by atoms with Gasteiger partial charge < -0.3 is 5.32 Å². The third kappa shape index (κ3) is 5.10. The fourth-order valence-electron chi connectivity index (χ4n) is 2.26. The number of rotatable bonds is 6. The van der Waals surface area contributed by atoms with E-state index in [4.69, 9.17) is 0 Å². The predicted octanol–water partition coefficient (Wildman–Crippen LogP) is 1.20. The number of benzene rings is 1. The summed E-state index contributed by atoms with van der Waals surface area (Å²) in [4.78, 5) is 20.6. The summed E-state index contributed by atoms with van der Waals surface area (Å²) in [6.45, 7) is 3.50. The van der Waals surface area contributed by atoms with E-state index in [1.807, 2.05) is 30.3 Å². The molecule has 0 fully saturated rings. The van der Waals surface area contributed by atoms with Crippen molar-refractivity contribution in [2.24, 2.45) is 0 Å². The largest absolute Gasteiger partial charge is 0.350 e. The fraction of sp³-hybridized carbons (Fsp3) is 0.312. The van der Waals surface area contributed by atoms with Crippen LogP contribution >= 0.6 is 0 Å². The minimum atomic E-state index is -3.37. The summed E-state index contributed by atoms with van der Waals surface area (Å²) >= 11 is 0. The van der Waals surface area contributed by atoms with Crippen molar-refractivity contribution in [2.75, 3.05) is 12.8 Å². The molecular weight excluding hydrogens is 328 g/mol. The molecule has 0 spiro atoms. The molecule has 0 unspecified atom stereocenters. The third-order valence-electron chi connectivity index (χ3n) is 3.16. The number of sulfonamides is 1. The number of aromatic nitrogens is 2. The lowest BCUT2D eigenvalue weighted by molar-refractivity contribution is 0.0944. The normalized spacial score (nSPS) is 12.0. The molecule has 24 heavy (non-hydrogen) atoms. The highest BCUT2D eigenvalue weighted by molar-refractivity contribution is 7.88. The van der Waals surface area contributed by atoms with Crippen LogP contribution in [0.3, 0.4) is 0 Å². The van der Waals surface area contributed by atoms with Crippen molar-refractivity contribution in [3.63, 3.8) is 0 Å². The zero-order chi connectivity index (χ0) is 17.8. The molecular formula is C16H20N4O3S. The Morgan fingerprint density at radius 1 is 1.21 bits per heavy atom. The lowest BCUT2D eigenvalue weighted by Crippen LogP contribution is -2.51. The van der Waals surface area contributed by atoms with Gasteiger partial charge in [0, 0.05) is 23.8 Å². The smallest absolute Gasteiger partial charge is 0.255 e. The highest BCUT2D eigenvalue weighted by Gasteiger charge is 2.24. The second-order valence-electron chi connectivity index (χ2n) is 6.09. The first-order valence-corrected chi connectivity index (χ1v) is 9.20. The topological polar surface area (TPSA) is 101 Å². The Labute approximate surface area is 141 Å². The van der Waals surface area contributed by atoms with E-state index in [1.54, 1.807) is 13.8 Å². The first kappa shape index (κ1) is 18.0. The summed E-state index contributed by atoms with van der Waals surface area (Å²) in [6.07, 6.45) is 3.91. The lowest BCUT2D eigenvalue weighted by atomic mass is 10.1. The van der Waals surface area contributed by atoms with Crippen LogP contribution in [0.15, 0.2) is 42.9 Å². The van der Waals surface area contributed by atoms with Gasteiger partial charge in [0.25, 0.3) is 5.91 Å². The van der Waals surface area contributed by atoms with Crippen molar-refractivity contribution in [1.29, 1.82) is 0 Å². The van der Waals surface area contributed by atoms with Gasteiger partial charge in [-0.2, -0.15) is 0 Å². The van der Waals surface area contributed by atoms with Crippen molar-refractivity contribution >= 4 is 15.9 Å². The van der Waals surface area contributed by atoms with Gasteiger partial charge in [-0.15, -0.1) is 0 Å². The van der Waals surface area contributed by atoms with Crippen molar-refractivity contribution in [3.05, 3.63) is 48.4 Å². The van der Waals surface area contributed by atoms with Crippen LogP contribution in [0.4, 0.5) is 0 Å². The van der Waals surface area contributed by atoms with Gasteiger partial charge in [0.15, 0.2) is 0 Å². The van der Waals surface area contributed by atoms with Crippen LogP contribution in [0.5, 0.6) is 0 Å². The number of carbonyl (C=O) groups excluding carboxylic acids is 1. The van der Waals surface area contributed by atoms with E-state index >= 15 is 0 Å². The molecule has 0 atom stereocenters. The van der Waals surface area contributed by atoms with E-state index in [0.29, 0.717) is 11.3 Å². The Bertz CT molecular complexity index is 820. The summed E-state index contributed by atoms with van der Waals surface area (Å²) in [5.41, 5.74) is 0.848. The maximum absolute atomic E-state index is 12.5. The van der Waals surface area contributed by atoms with E-state index in [-0.39, 0.29) is 12.5 Å². The van der Waals surface area contributed by atoms with Gasteiger partial charge in [0.1, 0.15) is 6.33 Å². The predicted molar refractivity (Wildman–Crippen MR) is 91.9 cm³/mol. The molecule has 1 heterocycles. The van der Waals surface area contributed by atoms with Crippen molar-refractivity contribution < 1.29 is 13.2 Å². The molecule has 0 saturated heterocycles. The Morgan fingerprint density at radius 2 is 1.88 bits per heavy atom. The van der Waals surface area contributed by atoms with Gasteiger partial charge in [-0.1, -0.05) is 30.3 Å². The van der Waals surface area contributed by atoms with E-state index < -0.39 is 15.6 Å². The standard InChI is InChI=1S/C16H20N4O3S/c1-16(2,20-24(3,22)23)10-18-15(21)13-9-17-11-19-14(13)12-7-5-4-6-8-12/h4-9,11,20H,10H2,1-3H3,(H,18,21). The molecule has 2 N–H and O–H groups in total. The molecule has 2 rings (SSSR count). The Hall–Kier alpha value is -2.32. The summed E-state index contributed by atoms with van der Waals surface area (Å²) in [7, 11) is -3.37. The number of nitrogens with zero attached hydrogens (tertiary/aromatic N) is 2. The van der Waals surface area contributed by atoms with Gasteiger partial charge in [-0.25, -0.2) is 23.1 Å². The van der Waals surface area contributed by atoms with Gasteiger partial charge in [-0.05, 0) is 13.8 Å². The first-order valence-electron chi connectivity index (χ1n) is 7.30. The van der Waals surface area contributed by atoms with Crippen molar-refractivity contribution in [3.8, 4) is 11.3 Å². The molecule has 0 radical (unpaired) electrons. The van der Waals surface area contributed by atoms with Gasteiger partial charge in [0.05, 0.1) is 17.5 Å². The molecule has 7 nitrogen and oxygen atoms in total. The number of amides is 1. The number of carbonyl (C=O) groups is 1. The first-order chi connectivity index (χ1) is 11.2. The average Bonchev–Trinajstić information content (AvgIpc) is 2.51. The third-order valence-corrected chi connectivity index (χ3v) is 4.08. The maximum Gasteiger partial charge on any atom is 0.255 e. The maximum atomic E-state index is 12.5.